The molecule has 3 aromatic rings. The number of carbonyl (C=O) groups is 1. The Labute approximate surface area is 160 Å². The molecule has 0 aliphatic rings. The predicted octanol–water partition coefficient (Wildman–Crippen LogP) is 5.13. The van der Waals surface area contributed by atoms with Crippen LogP contribution in [-0.2, 0) is 13.1 Å². The van der Waals surface area contributed by atoms with Gasteiger partial charge in [0.05, 0.1) is 22.6 Å². The molecule has 0 unspecified atom stereocenters. The molecule has 3 rings (SSSR count). The fraction of sp³-hybridized carbons (Fsp3) is 0.263. The summed E-state index contributed by atoms with van der Waals surface area (Å²) >= 11 is 9.79. The highest BCUT2D eigenvalue weighted by Crippen LogP contribution is 2.25. The van der Waals surface area contributed by atoms with Crippen LogP contribution in [-0.4, -0.2) is 27.4 Å². The second kappa shape index (κ2) is 7.58. The summed E-state index contributed by atoms with van der Waals surface area (Å²) in [6, 6.07) is 13.1. The molecule has 0 bridgehead atoms. The molecule has 0 saturated carbocycles. The largest absolute Gasteiger partial charge is 0.334 e. The summed E-state index contributed by atoms with van der Waals surface area (Å²) in [5.74, 6) is 0.804. The Balaban J connectivity index is 1.93. The third-order valence-electron chi connectivity index (χ3n) is 4.04. The van der Waals surface area contributed by atoms with Crippen molar-refractivity contribution >= 4 is 44.5 Å². The molecular formula is C19H19BrClN3O. The number of hydrogen-bond acceptors (Lipinski definition) is 2. The lowest BCUT2D eigenvalue weighted by Crippen LogP contribution is -2.27. The van der Waals surface area contributed by atoms with Crippen LogP contribution in [0.15, 0.2) is 46.9 Å². The highest BCUT2D eigenvalue weighted by Gasteiger charge is 2.18. The number of hydrogen-bond donors (Lipinski definition) is 0. The molecule has 0 saturated heterocycles. The molecule has 0 atom stereocenters. The summed E-state index contributed by atoms with van der Waals surface area (Å²) in [5.41, 5.74) is 2.44. The van der Waals surface area contributed by atoms with Crippen LogP contribution in [0.4, 0.5) is 0 Å². The quantitative estimate of drug-likeness (QED) is 0.573. The van der Waals surface area contributed by atoms with E-state index in [0.717, 1.165) is 34.3 Å². The van der Waals surface area contributed by atoms with Crippen molar-refractivity contribution in [3.05, 3.63) is 63.3 Å². The van der Waals surface area contributed by atoms with Gasteiger partial charge in [-0.1, -0.05) is 46.6 Å². The normalized spacial score (nSPS) is 11.0. The van der Waals surface area contributed by atoms with E-state index in [4.69, 9.17) is 16.6 Å². The van der Waals surface area contributed by atoms with E-state index in [1.165, 1.54) is 0 Å². The van der Waals surface area contributed by atoms with Crippen LogP contribution in [0.25, 0.3) is 11.0 Å². The highest BCUT2D eigenvalue weighted by atomic mass is 79.9. The second-order valence-corrected chi connectivity index (χ2v) is 7.28. The average molecular weight is 421 g/mol. The molecule has 0 aliphatic heterocycles. The van der Waals surface area contributed by atoms with Crippen molar-refractivity contribution in [3.8, 4) is 0 Å². The fourth-order valence-corrected chi connectivity index (χ4v) is 3.57. The van der Waals surface area contributed by atoms with Gasteiger partial charge < -0.3 is 9.47 Å². The first kappa shape index (κ1) is 18.0. The van der Waals surface area contributed by atoms with E-state index in [-0.39, 0.29) is 5.91 Å². The van der Waals surface area contributed by atoms with Gasteiger partial charge in [0.1, 0.15) is 5.82 Å². The predicted molar refractivity (Wildman–Crippen MR) is 105 cm³/mol. The highest BCUT2D eigenvalue weighted by molar-refractivity contribution is 9.10. The van der Waals surface area contributed by atoms with Gasteiger partial charge in [-0.25, -0.2) is 4.98 Å². The van der Waals surface area contributed by atoms with Crippen LogP contribution in [0.3, 0.4) is 0 Å². The van der Waals surface area contributed by atoms with Crippen molar-refractivity contribution in [1.29, 1.82) is 0 Å². The molecule has 1 amide bonds. The Kier molecular flexibility index (Phi) is 5.45. The number of para-hydroxylation sites is 1. The summed E-state index contributed by atoms with van der Waals surface area (Å²) < 4.78 is 3.00. The van der Waals surface area contributed by atoms with Gasteiger partial charge in [-0.2, -0.15) is 0 Å². The Bertz CT molecular complexity index is 922. The molecule has 0 spiro atoms. The topological polar surface area (TPSA) is 38.1 Å². The minimum atomic E-state index is -0.0394. The summed E-state index contributed by atoms with van der Waals surface area (Å²) in [4.78, 5) is 19.1. The maximum absolute atomic E-state index is 12.7. The van der Waals surface area contributed by atoms with Gasteiger partial charge in [0, 0.05) is 23.6 Å². The standard InChI is InChI=1S/C19H19BrClN3O/c1-3-10-24-17(22-16-9-5-8-15(21)18(16)24)12-23(2)19(25)13-6-4-7-14(20)11-13/h4-9,11H,3,10,12H2,1-2H3. The minimum Gasteiger partial charge on any atom is -0.334 e. The SMILES string of the molecule is CCCn1c(CN(C)C(=O)c2cccc(Br)c2)nc2cccc(Cl)c21. The maximum atomic E-state index is 12.7. The first-order chi connectivity index (χ1) is 12.0. The minimum absolute atomic E-state index is 0.0394. The van der Waals surface area contributed by atoms with E-state index in [2.05, 4.69) is 27.4 Å². The summed E-state index contributed by atoms with van der Waals surface area (Å²) in [6.45, 7) is 3.35. The lowest BCUT2D eigenvalue weighted by Gasteiger charge is -2.18. The van der Waals surface area contributed by atoms with E-state index in [1.807, 2.05) is 42.5 Å². The third kappa shape index (κ3) is 3.72. The zero-order valence-corrected chi connectivity index (χ0v) is 16.5. The molecule has 1 aromatic heterocycles. The smallest absolute Gasteiger partial charge is 0.254 e. The Morgan fingerprint density at radius 2 is 2.04 bits per heavy atom. The number of aryl methyl sites for hydroxylation is 1. The summed E-state index contributed by atoms with van der Waals surface area (Å²) in [5, 5.41) is 0.686. The van der Waals surface area contributed by atoms with E-state index in [0.29, 0.717) is 17.1 Å². The van der Waals surface area contributed by atoms with Gasteiger partial charge in [0.2, 0.25) is 0 Å². The van der Waals surface area contributed by atoms with Crippen molar-refractivity contribution in [2.24, 2.45) is 0 Å². The molecule has 25 heavy (non-hydrogen) atoms. The number of carbonyl (C=O) groups excluding carboxylic acids is 1. The number of rotatable bonds is 5. The van der Waals surface area contributed by atoms with Crippen molar-refractivity contribution in [3.63, 3.8) is 0 Å². The molecule has 1 heterocycles. The number of fused-ring (bicyclic) bond motifs is 1. The van der Waals surface area contributed by atoms with Gasteiger partial charge in [-0.05, 0) is 36.8 Å². The zero-order chi connectivity index (χ0) is 18.0. The zero-order valence-electron chi connectivity index (χ0n) is 14.2. The van der Waals surface area contributed by atoms with E-state index in [9.17, 15) is 4.79 Å². The molecule has 130 valence electrons. The molecule has 0 fully saturated rings. The number of halogens is 2. The van der Waals surface area contributed by atoms with Crippen LogP contribution >= 0.6 is 27.5 Å². The van der Waals surface area contributed by atoms with Crippen molar-refractivity contribution in [2.45, 2.75) is 26.4 Å². The van der Waals surface area contributed by atoms with Crippen LogP contribution < -0.4 is 0 Å². The maximum Gasteiger partial charge on any atom is 0.254 e. The monoisotopic (exact) mass is 419 g/mol. The van der Waals surface area contributed by atoms with Gasteiger partial charge in [0.15, 0.2) is 0 Å². The number of amides is 1. The second-order valence-electron chi connectivity index (χ2n) is 5.96. The lowest BCUT2D eigenvalue weighted by atomic mass is 10.2. The van der Waals surface area contributed by atoms with Crippen molar-refractivity contribution < 1.29 is 4.79 Å². The lowest BCUT2D eigenvalue weighted by molar-refractivity contribution is 0.0780. The van der Waals surface area contributed by atoms with Crippen LogP contribution in [0.2, 0.25) is 5.02 Å². The van der Waals surface area contributed by atoms with Crippen molar-refractivity contribution in [1.82, 2.24) is 14.5 Å². The third-order valence-corrected chi connectivity index (χ3v) is 4.84. The molecule has 6 heteroatoms. The van der Waals surface area contributed by atoms with Crippen LogP contribution in [0, 0.1) is 0 Å². The molecule has 2 aromatic carbocycles. The number of aromatic nitrogens is 2. The van der Waals surface area contributed by atoms with Gasteiger partial charge in [0.25, 0.3) is 5.91 Å². The summed E-state index contributed by atoms with van der Waals surface area (Å²) in [7, 11) is 1.79. The first-order valence-corrected chi connectivity index (χ1v) is 9.33. The molecule has 4 nitrogen and oxygen atoms in total. The number of imidazole rings is 1. The Morgan fingerprint density at radius 3 is 2.76 bits per heavy atom. The molecular weight excluding hydrogens is 402 g/mol. The van der Waals surface area contributed by atoms with Crippen LogP contribution in [0.1, 0.15) is 29.5 Å². The average Bonchev–Trinajstić information content (AvgIpc) is 2.93. The fourth-order valence-electron chi connectivity index (χ4n) is 2.90. The summed E-state index contributed by atoms with van der Waals surface area (Å²) in [6.07, 6.45) is 0.965. The van der Waals surface area contributed by atoms with Gasteiger partial charge >= 0.3 is 0 Å². The number of nitrogens with zero attached hydrogens (tertiary/aromatic N) is 3. The number of benzene rings is 2. The first-order valence-electron chi connectivity index (χ1n) is 8.16. The van der Waals surface area contributed by atoms with E-state index in [1.54, 1.807) is 11.9 Å². The Morgan fingerprint density at radius 1 is 1.28 bits per heavy atom. The molecule has 0 N–H and O–H groups in total. The van der Waals surface area contributed by atoms with Gasteiger partial charge in [-0.15, -0.1) is 0 Å². The van der Waals surface area contributed by atoms with Crippen LogP contribution in [0.5, 0.6) is 0 Å². The van der Waals surface area contributed by atoms with E-state index < -0.39 is 0 Å². The van der Waals surface area contributed by atoms with E-state index >= 15 is 0 Å². The molecule has 0 aliphatic carbocycles. The Hall–Kier alpha value is -1.85. The van der Waals surface area contributed by atoms with Crippen molar-refractivity contribution in [2.75, 3.05) is 7.05 Å². The molecule has 0 radical (unpaired) electrons. The van der Waals surface area contributed by atoms with Gasteiger partial charge in [-0.3, -0.25) is 4.79 Å².